The SMILES string of the molecule is COc1ccc(Cl)cc1N(CCCC(=O)NCCOc1ccc(C)c(C)c1)S(C)(=O)=O. The maximum atomic E-state index is 12.3. The first kappa shape index (κ1) is 24.8. The van der Waals surface area contributed by atoms with Crippen molar-refractivity contribution in [1.82, 2.24) is 5.32 Å². The van der Waals surface area contributed by atoms with Gasteiger partial charge in [0.25, 0.3) is 0 Å². The molecule has 0 saturated carbocycles. The third kappa shape index (κ3) is 7.63. The van der Waals surface area contributed by atoms with Gasteiger partial charge in [0.15, 0.2) is 0 Å². The number of carbonyl (C=O) groups excluding carboxylic acids is 1. The topological polar surface area (TPSA) is 84.9 Å². The molecule has 0 saturated heterocycles. The van der Waals surface area contributed by atoms with Gasteiger partial charge in [-0.25, -0.2) is 8.42 Å². The minimum Gasteiger partial charge on any atom is -0.495 e. The minimum atomic E-state index is -3.58. The molecule has 2 rings (SSSR count). The molecule has 0 spiro atoms. The van der Waals surface area contributed by atoms with E-state index in [2.05, 4.69) is 5.32 Å². The molecular formula is C22H29ClN2O5S. The molecule has 9 heteroatoms. The lowest BCUT2D eigenvalue weighted by Crippen LogP contribution is -2.33. The first-order chi connectivity index (χ1) is 14.6. The normalized spacial score (nSPS) is 11.1. The Bertz CT molecular complexity index is 1010. The summed E-state index contributed by atoms with van der Waals surface area (Å²) in [4.78, 5) is 12.1. The predicted octanol–water partition coefficient (Wildman–Crippen LogP) is 3.71. The molecule has 0 aromatic heterocycles. The van der Waals surface area contributed by atoms with Crippen LogP contribution >= 0.6 is 11.6 Å². The largest absolute Gasteiger partial charge is 0.495 e. The molecule has 170 valence electrons. The van der Waals surface area contributed by atoms with Gasteiger partial charge in [0.2, 0.25) is 15.9 Å². The second-order valence-electron chi connectivity index (χ2n) is 7.20. The first-order valence-corrected chi connectivity index (χ1v) is 12.1. The smallest absolute Gasteiger partial charge is 0.232 e. The Balaban J connectivity index is 1.83. The Morgan fingerprint density at radius 2 is 1.87 bits per heavy atom. The molecule has 0 atom stereocenters. The summed E-state index contributed by atoms with van der Waals surface area (Å²) >= 11 is 6.03. The van der Waals surface area contributed by atoms with E-state index in [0.29, 0.717) is 36.0 Å². The van der Waals surface area contributed by atoms with E-state index in [-0.39, 0.29) is 18.9 Å². The fourth-order valence-electron chi connectivity index (χ4n) is 2.96. The summed E-state index contributed by atoms with van der Waals surface area (Å²) in [5, 5.41) is 3.18. The van der Waals surface area contributed by atoms with Crippen LogP contribution in [0.2, 0.25) is 5.02 Å². The number of benzene rings is 2. The summed E-state index contributed by atoms with van der Waals surface area (Å²) in [7, 11) is -2.12. The van der Waals surface area contributed by atoms with Crippen molar-refractivity contribution < 1.29 is 22.7 Å². The summed E-state index contributed by atoms with van der Waals surface area (Å²) in [6, 6.07) is 10.6. The lowest BCUT2D eigenvalue weighted by Gasteiger charge is -2.24. The van der Waals surface area contributed by atoms with Crippen molar-refractivity contribution in [1.29, 1.82) is 0 Å². The Morgan fingerprint density at radius 1 is 1.13 bits per heavy atom. The zero-order chi connectivity index (χ0) is 23.0. The Kier molecular flexibility index (Phi) is 9.00. The summed E-state index contributed by atoms with van der Waals surface area (Å²) in [5.74, 6) is 0.981. The van der Waals surface area contributed by atoms with E-state index in [4.69, 9.17) is 21.1 Å². The molecule has 2 aromatic rings. The van der Waals surface area contributed by atoms with Crippen LogP contribution in [0.25, 0.3) is 0 Å². The quantitative estimate of drug-likeness (QED) is 0.508. The number of hydrogen-bond acceptors (Lipinski definition) is 5. The Hall–Kier alpha value is -2.45. The van der Waals surface area contributed by atoms with E-state index in [1.54, 1.807) is 12.1 Å². The van der Waals surface area contributed by atoms with Gasteiger partial charge in [0.05, 0.1) is 25.6 Å². The van der Waals surface area contributed by atoms with Crippen LogP contribution in [0.4, 0.5) is 5.69 Å². The van der Waals surface area contributed by atoms with E-state index in [0.717, 1.165) is 17.6 Å². The summed E-state index contributed by atoms with van der Waals surface area (Å²) < 4.78 is 36.7. The van der Waals surface area contributed by atoms with Gasteiger partial charge in [0, 0.05) is 18.0 Å². The highest BCUT2D eigenvalue weighted by atomic mass is 35.5. The van der Waals surface area contributed by atoms with Crippen molar-refractivity contribution >= 4 is 33.2 Å². The van der Waals surface area contributed by atoms with Crippen molar-refractivity contribution in [2.75, 3.05) is 37.4 Å². The number of aryl methyl sites for hydroxylation is 2. The Morgan fingerprint density at radius 3 is 2.52 bits per heavy atom. The van der Waals surface area contributed by atoms with Crippen LogP contribution in [0, 0.1) is 13.8 Å². The standard InChI is InChI=1S/C22H29ClN2O5S/c1-16-7-9-19(14-17(16)2)30-13-11-24-22(26)6-5-12-25(31(4,27)28)20-15-18(23)8-10-21(20)29-3/h7-10,14-15H,5-6,11-13H2,1-4H3,(H,24,26). The maximum Gasteiger partial charge on any atom is 0.232 e. The van der Waals surface area contributed by atoms with Crippen LogP contribution in [0.3, 0.4) is 0 Å². The number of rotatable bonds is 11. The van der Waals surface area contributed by atoms with Gasteiger partial charge >= 0.3 is 0 Å². The third-order valence-corrected chi connectivity index (χ3v) is 6.16. The fraction of sp³-hybridized carbons (Fsp3) is 0.409. The van der Waals surface area contributed by atoms with Crippen LogP contribution in [0.15, 0.2) is 36.4 Å². The van der Waals surface area contributed by atoms with Crippen molar-refractivity contribution in [2.45, 2.75) is 26.7 Å². The van der Waals surface area contributed by atoms with Crippen LogP contribution in [-0.2, 0) is 14.8 Å². The minimum absolute atomic E-state index is 0.127. The lowest BCUT2D eigenvalue weighted by atomic mass is 10.1. The van der Waals surface area contributed by atoms with Gasteiger partial charge in [0.1, 0.15) is 18.1 Å². The van der Waals surface area contributed by atoms with Crippen molar-refractivity contribution in [3.63, 3.8) is 0 Å². The first-order valence-electron chi connectivity index (χ1n) is 9.90. The monoisotopic (exact) mass is 468 g/mol. The van der Waals surface area contributed by atoms with E-state index in [9.17, 15) is 13.2 Å². The van der Waals surface area contributed by atoms with Gasteiger partial charge in [-0.1, -0.05) is 17.7 Å². The number of amides is 1. The van der Waals surface area contributed by atoms with Crippen LogP contribution in [-0.4, -0.2) is 47.4 Å². The number of carbonyl (C=O) groups is 1. The average molecular weight is 469 g/mol. The van der Waals surface area contributed by atoms with E-state index < -0.39 is 10.0 Å². The summed E-state index contributed by atoms with van der Waals surface area (Å²) in [5.41, 5.74) is 2.69. The van der Waals surface area contributed by atoms with Gasteiger partial charge < -0.3 is 14.8 Å². The molecular weight excluding hydrogens is 440 g/mol. The molecule has 0 unspecified atom stereocenters. The highest BCUT2D eigenvalue weighted by Gasteiger charge is 2.21. The summed E-state index contributed by atoms with van der Waals surface area (Å²) in [6.45, 7) is 4.89. The van der Waals surface area contributed by atoms with Crippen LogP contribution in [0.5, 0.6) is 11.5 Å². The molecule has 0 heterocycles. The molecule has 0 aliphatic heterocycles. The van der Waals surface area contributed by atoms with Gasteiger partial charge in [-0.3, -0.25) is 9.10 Å². The number of halogens is 1. The van der Waals surface area contributed by atoms with E-state index >= 15 is 0 Å². The van der Waals surface area contributed by atoms with Crippen molar-refractivity contribution in [3.8, 4) is 11.5 Å². The molecule has 0 aliphatic rings. The van der Waals surface area contributed by atoms with Crippen LogP contribution in [0.1, 0.15) is 24.0 Å². The number of methoxy groups -OCH3 is 1. The second kappa shape index (κ2) is 11.2. The number of nitrogens with zero attached hydrogens (tertiary/aromatic N) is 1. The zero-order valence-corrected chi connectivity index (χ0v) is 19.8. The van der Waals surface area contributed by atoms with Crippen molar-refractivity contribution in [2.24, 2.45) is 0 Å². The predicted molar refractivity (Wildman–Crippen MR) is 124 cm³/mol. The number of nitrogens with one attached hydrogen (secondary N) is 1. The molecule has 0 bridgehead atoms. The molecule has 31 heavy (non-hydrogen) atoms. The molecule has 1 N–H and O–H groups in total. The maximum absolute atomic E-state index is 12.3. The zero-order valence-electron chi connectivity index (χ0n) is 18.3. The van der Waals surface area contributed by atoms with Gasteiger partial charge in [-0.2, -0.15) is 0 Å². The van der Waals surface area contributed by atoms with E-state index in [1.807, 2.05) is 32.0 Å². The number of anilines is 1. The van der Waals surface area contributed by atoms with E-state index in [1.165, 1.54) is 23.0 Å². The van der Waals surface area contributed by atoms with Gasteiger partial charge in [-0.05, 0) is 61.7 Å². The molecule has 0 radical (unpaired) electrons. The van der Waals surface area contributed by atoms with Gasteiger partial charge in [-0.15, -0.1) is 0 Å². The highest BCUT2D eigenvalue weighted by Crippen LogP contribution is 2.33. The molecule has 1 amide bonds. The lowest BCUT2D eigenvalue weighted by molar-refractivity contribution is -0.121. The number of ether oxygens (including phenoxy) is 2. The summed E-state index contributed by atoms with van der Waals surface area (Å²) in [6.07, 6.45) is 1.63. The number of hydrogen-bond donors (Lipinski definition) is 1. The van der Waals surface area contributed by atoms with Crippen LogP contribution < -0.4 is 19.1 Å². The molecule has 7 nitrogen and oxygen atoms in total. The van der Waals surface area contributed by atoms with Crippen molar-refractivity contribution in [3.05, 3.63) is 52.5 Å². The third-order valence-electron chi connectivity index (χ3n) is 4.75. The molecule has 0 aliphatic carbocycles. The fourth-order valence-corrected chi connectivity index (χ4v) is 4.08. The molecule has 2 aromatic carbocycles. The molecule has 0 fully saturated rings. The number of sulfonamides is 1. The second-order valence-corrected chi connectivity index (χ2v) is 9.54. The highest BCUT2D eigenvalue weighted by molar-refractivity contribution is 7.92. The average Bonchev–Trinajstić information content (AvgIpc) is 2.70. The Labute approximate surface area is 189 Å².